The van der Waals surface area contributed by atoms with Gasteiger partial charge in [-0.1, -0.05) is 17.7 Å². The van der Waals surface area contributed by atoms with E-state index in [1.54, 1.807) is 10.8 Å². The molecule has 0 radical (unpaired) electrons. The van der Waals surface area contributed by atoms with Gasteiger partial charge in [0.15, 0.2) is 11.5 Å². The van der Waals surface area contributed by atoms with Gasteiger partial charge in [-0.25, -0.2) is 0 Å². The van der Waals surface area contributed by atoms with E-state index in [0.29, 0.717) is 6.79 Å². The molecule has 1 aromatic rings. The highest BCUT2D eigenvalue weighted by atomic mass is 33.5. The van der Waals surface area contributed by atoms with Crippen molar-refractivity contribution >= 4 is 32.3 Å². The molecule has 0 N–H and O–H groups in total. The van der Waals surface area contributed by atoms with Crippen LogP contribution in [0.5, 0.6) is 11.5 Å². The Morgan fingerprint density at radius 2 is 2.08 bits per heavy atom. The summed E-state index contributed by atoms with van der Waals surface area (Å²) in [6.07, 6.45) is 0. The number of fused-ring (bicyclic) bond motifs is 1. The van der Waals surface area contributed by atoms with Gasteiger partial charge in [-0.2, -0.15) is 0 Å². The Bertz CT molecular complexity index is 327. The van der Waals surface area contributed by atoms with Crippen LogP contribution in [0.2, 0.25) is 0 Å². The van der Waals surface area contributed by atoms with Crippen molar-refractivity contribution in [2.45, 2.75) is 11.8 Å². The Labute approximate surface area is 89.6 Å². The number of ether oxygens (including phenoxy) is 2. The number of hydrogen-bond donors (Lipinski definition) is 1. The fourth-order valence-corrected chi connectivity index (χ4v) is 3.00. The van der Waals surface area contributed by atoms with Gasteiger partial charge in [0, 0.05) is 0 Å². The van der Waals surface area contributed by atoms with Crippen LogP contribution in [0.1, 0.15) is 5.56 Å². The number of hydrogen-bond acceptors (Lipinski definition) is 5. The standard InChI is InChI=1S/C8H8O2S3/c1-5-2-3-6(12-13-11)8-7(5)9-4-10-8/h2-3,11H,4H2,1H3. The van der Waals surface area contributed by atoms with E-state index in [2.05, 4.69) is 11.7 Å². The zero-order valence-electron chi connectivity index (χ0n) is 6.94. The lowest BCUT2D eigenvalue weighted by Gasteiger charge is -2.04. The molecule has 0 saturated carbocycles. The van der Waals surface area contributed by atoms with Gasteiger partial charge < -0.3 is 9.47 Å². The van der Waals surface area contributed by atoms with E-state index < -0.39 is 0 Å². The molecule has 0 amide bonds. The molecule has 0 aromatic heterocycles. The highest BCUT2D eigenvalue weighted by Crippen LogP contribution is 2.47. The normalized spacial score (nSPS) is 13.4. The summed E-state index contributed by atoms with van der Waals surface area (Å²) < 4.78 is 10.7. The predicted molar refractivity (Wildman–Crippen MR) is 59.7 cm³/mol. The molecular formula is C8H8O2S3. The molecule has 1 aliphatic heterocycles. The Morgan fingerprint density at radius 1 is 1.31 bits per heavy atom. The van der Waals surface area contributed by atoms with Crippen LogP contribution in [-0.4, -0.2) is 6.79 Å². The minimum atomic E-state index is 0.324. The van der Waals surface area contributed by atoms with E-state index in [9.17, 15) is 0 Å². The molecule has 1 aromatic carbocycles. The second-order valence-corrected chi connectivity index (χ2v) is 5.65. The smallest absolute Gasteiger partial charge is 0.231 e. The zero-order chi connectivity index (χ0) is 9.26. The summed E-state index contributed by atoms with van der Waals surface area (Å²) in [5.74, 6) is 1.72. The van der Waals surface area contributed by atoms with Crippen LogP contribution in [0.3, 0.4) is 0 Å². The van der Waals surface area contributed by atoms with Gasteiger partial charge >= 0.3 is 0 Å². The van der Waals surface area contributed by atoms with Gasteiger partial charge in [-0.15, -0.1) is 0 Å². The van der Waals surface area contributed by atoms with Crippen LogP contribution < -0.4 is 9.47 Å². The molecule has 0 aliphatic carbocycles. The van der Waals surface area contributed by atoms with Gasteiger partial charge in [-0.05, 0) is 39.2 Å². The van der Waals surface area contributed by atoms with Crippen LogP contribution in [0.15, 0.2) is 17.0 Å². The van der Waals surface area contributed by atoms with E-state index in [4.69, 9.17) is 9.47 Å². The van der Waals surface area contributed by atoms with Crippen LogP contribution in [0, 0.1) is 6.92 Å². The molecule has 1 heterocycles. The summed E-state index contributed by atoms with van der Waals surface area (Å²) >= 11 is 4.08. The first-order valence-corrected chi connectivity index (χ1v) is 6.90. The van der Waals surface area contributed by atoms with Crippen LogP contribution in [0.25, 0.3) is 0 Å². The van der Waals surface area contributed by atoms with Crippen molar-refractivity contribution in [1.29, 1.82) is 0 Å². The minimum absolute atomic E-state index is 0.324. The maximum atomic E-state index is 5.37. The quantitative estimate of drug-likeness (QED) is 0.622. The molecule has 0 bridgehead atoms. The van der Waals surface area contributed by atoms with E-state index in [1.807, 2.05) is 19.1 Å². The third-order valence-corrected chi connectivity index (χ3v) is 3.82. The average molecular weight is 232 g/mol. The van der Waals surface area contributed by atoms with Crippen molar-refractivity contribution in [3.05, 3.63) is 17.7 Å². The Kier molecular flexibility index (Phi) is 2.86. The monoisotopic (exact) mass is 232 g/mol. The molecule has 2 rings (SSSR count). The van der Waals surface area contributed by atoms with Crippen molar-refractivity contribution in [2.75, 3.05) is 6.79 Å². The van der Waals surface area contributed by atoms with Crippen LogP contribution in [0.4, 0.5) is 0 Å². The van der Waals surface area contributed by atoms with Gasteiger partial charge in [-0.3, -0.25) is 0 Å². The van der Waals surface area contributed by atoms with Gasteiger partial charge in [0.2, 0.25) is 6.79 Å². The topological polar surface area (TPSA) is 18.5 Å². The predicted octanol–water partition coefficient (Wildman–Crippen LogP) is 3.31. The van der Waals surface area contributed by atoms with Crippen molar-refractivity contribution in [3.8, 4) is 11.5 Å². The highest BCUT2D eigenvalue weighted by Gasteiger charge is 2.20. The Morgan fingerprint density at radius 3 is 2.85 bits per heavy atom. The molecule has 0 fully saturated rings. The second kappa shape index (κ2) is 3.94. The molecule has 0 unspecified atom stereocenters. The largest absolute Gasteiger partial charge is 0.453 e. The van der Waals surface area contributed by atoms with E-state index in [-0.39, 0.29) is 0 Å². The third-order valence-electron chi connectivity index (χ3n) is 1.81. The molecule has 0 saturated heterocycles. The molecule has 0 spiro atoms. The van der Waals surface area contributed by atoms with Crippen LogP contribution in [-0.2, 0) is 0 Å². The first-order chi connectivity index (χ1) is 6.33. The third kappa shape index (κ3) is 1.73. The summed E-state index contributed by atoms with van der Waals surface area (Å²) in [6.45, 7) is 2.33. The summed E-state index contributed by atoms with van der Waals surface area (Å²) in [5, 5.41) is 0. The molecule has 70 valence electrons. The lowest BCUT2D eigenvalue weighted by atomic mass is 10.2. The van der Waals surface area contributed by atoms with E-state index >= 15 is 0 Å². The maximum absolute atomic E-state index is 5.37. The van der Waals surface area contributed by atoms with Crippen molar-refractivity contribution in [1.82, 2.24) is 0 Å². The van der Waals surface area contributed by atoms with Crippen molar-refractivity contribution in [2.24, 2.45) is 0 Å². The van der Waals surface area contributed by atoms with E-state index in [0.717, 1.165) is 22.0 Å². The minimum Gasteiger partial charge on any atom is -0.453 e. The van der Waals surface area contributed by atoms with Crippen molar-refractivity contribution < 1.29 is 9.47 Å². The number of thiol groups is 1. The molecule has 13 heavy (non-hydrogen) atoms. The van der Waals surface area contributed by atoms with Gasteiger partial charge in [0.1, 0.15) is 0 Å². The Hall–Kier alpha value is -0.130. The Balaban J connectivity index is 2.43. The highest BCUT2D eigenvalue weighted by molar-refractivity contribution is 9.05. The molecular weight excluding hydrogens is 224 g/mol. The summed E-state index contributed by atoms with van der Waals surface area (Å²) in [6, 6.07) is 4.05. The molecule has 5 heteroatoms. The number of aryl methyl sites for hydroxylation is 1. The van der Waals surface area contributed by atoms with Crippen LogP contribution >= 0.6 is 32.3 Å². The number of rotatable bonds is 2. The molecule has 0 atom stereocenters. The molecule has 1 aliphatic rings. The first-order valence-electron chi connectivity index (χ1n) is 3.70. The van der Waals surface area contributed by atoms with Crippen molar-refractivity contribution in [3.63, 3.8) is 0 Å². The second-order valence-electron chi connectivity index (χ2n) is 2.60. The fourth-order valence-electron chi connectivity index (χ4n) is 1.21. The van der Waals surface area contributed by atoms with Gasteiger partial charge in [0.05, 0.1) is 4.90 Å². The lowest BCUT2D eigenvalue weighted by molar-refractivity contribution is 0.171. The zero-order valence-corrected chi connectivity index (χ0v) is 9.47. The maximum Gasteiger partial charge on any atom is 0.231 e. The SMILES string of the molecule is Cc1ccc(SSS)c2c1OCO2. The first kappa shape index (κ1) is 9.43. The number of benzene rings is 1. The summed E-state index contributed by atoms with van der Waals surface area (Å²) in [5.41, 5.74) is 1.11. The lowest BCUT2D eigenvalue weighted by Crippen LogP contribution is -1.93. The van der Waals surface area contributed by atoms with E-state index in [1.165, 1.54) is 9.83 Å². The van der Waals surface area contributed by atoms with Gasteiger partial charge in [0.25, 0.3) is 0 Å². The summed E-state index contributed by atoms with van der Waals surface area (Å²) in [4.78, 5) is 1.07. The summed E-state index contributed by atoms with van der Waals surface area (Å²) in [7, 11) is 2.97. The fraction of sp³-hybridized carbons (Fsp3) is 0.250. The molecule has 2 nitrogen and oxygen atoms in total. The average Bonchev–Trinajstić information content (AvgIpc) is 2.59.